The maximum absolute atomic E-state index is 12.0. The summed E-state index contributed by atoms with van der Waals surface area (Å²) in [5.74, 6) is 2.35. The minimum atomic E-state index is -0.0398. The van der Waals surface area contributed by atoms with Crippen molar-refractivity contribution in [3.63, 3.8) is 0 Å². The van der Waals surface area contributed by atoms with Gasteiger partial charge in [0.2, 0.25) is 17.8 Å². The first-order valence-corrected chi connectivity index (χ1v) is 13.2. The van der Waals surface area contributed by atoms with Crippen LogP contribution in [0.15, 0.2) is 57.2 Å². The minimum absolute atomic E-state index is 0.00115. The van der Waals surface area contributed by atoms with Crippen LogP contribution in [0.1, 0.15) is 20.3 Å². The summed E-state index contributed by atoms with van der Waals surface area (Å²) in [5.41, 5.74) is 0.757. The number of anilines is 3. The lowest BCUT2D eigenvalue weighted by Gasteiger charge is -2.32. The first-order chi connectivity index (χ1) is 17.9. The van der Waals surface area contributed by atoms with Crippen LogP contribution in [0.5, 0.6) is 0 Å². The summed E-state index contributed by atoms with van der Waals surface area (Å²) in [4.78, 5) is 31.7. The van der Waals surface area contributed by atoms with E-state index < -0.39 is 0 Å². The van der Waals surface area contributed by atoms with Crippen LogP contribution >= 0.6 is 11.8 Å². The van der Waals surface area contributed by atoms with Gasteiger partial charge in [-0.05, 0) is 37.4 Å². The van der Waals surface area contributed by atoms with Crippen molar-refractivity contribution in [2.75, 3.05) is 43.4 Å². The summed E-state index contributed by atoms with van der Waals surface area (Å²) in [5, 5.41) is 14.1. The predicted molar refractivity (Wildman–Crippen MR) is 144 cm³/mol. The van der Waals surface area contributed by atoms with Crippen LogP contribution in [0.3, 0.4) is 0 Å². The largest absolute Gasteiger partial charge is 0.463 e. The van der Waals surface area contributed by atoms with E-state index in [2.05, 4.69) is 48.7 Å². The molecule has 1 aliphatic heterocycles. The number of piperazine rings is 1. The van der Waals surface area contributed by atoms with Gasteiger partial charge in [0.15, 0.2) is 16.7 Å². The number of hydrogen-bond donors (Lipinski definition) is 3. The fourth-order valence-electron chi connectivity index (χ4n) is 3.89. The van der Waals surface area contributed by atoms with Crippen LogP contribution in [-0.4, -0.2) is 75.2 Å². The number of aromatic nitrogens is 5. The fourth-order valence-corrected chi connectivity index (χ4v) is 4.69. The number of rotatable bonds is 8. The highest BCUT2D eigenvalue weighted by Gasteiger charge is 2.20. The maximum atomic E-state index is 12.0. The number of carbonyl (C=O) groups is 1. The summed E-state index contributed by atoms with van der Waals surface area (Å²) >= 11 is 1.48. The number of thioether (sulfide) groups is 1. The Morgan fingerprint density at radius 1 is 1.22 bits per heavy atom. The van der Waals surface area contributed by atoms with E-state index in [9.17, 15) is 4.79 Å². The quantitative estimate of drug-likeness (QED) is 0.406. The Hall–Kier alpha value is -3.64. The lowest BCUT2D eigenvalue weighted by molar-refractivity contribution is -0.124. The maximum Gasteiger partial charge on any atom is 0.234 e. The molecule has 1 amide bonds. The molecule has 1 unspecified atom stereocenters. The van der Waals surface area contributed by atoms with E-state index in [0.717, 1.165) is 43.2 Å². The predicted octanol–water partition coefficient (Wildman–Crippen LogP) is 3.43. The van der Waals surface area contributed by atoms with Gasteiger partial charge in [0, 0.05) is 43.1 Å². The number of aromatic amines is 1. The Morgan fingerprint density at radius 3 is 2.76 bits per heavy atom. The summed E-state index contributed by atoms with van der Waals surface area (Å²) in [6.07, 6.45) is 8.47. The first kappa shape index (κ1) is 25.0. The highest BCUT2D eigenvalue weighted by atomic mass is 32.2. The third-order valence-electron chi connectivity index (χ3n) is 6.12. The molecule has 2 aliphatic rings. The van der Waals surface area contributed by atoms with Gasteiger partial charge in [-0.1, -0.05) is 32.1 Å². The van der Waals surface area contributed by atoms with Crippen LogP contribution in [-0.2, 0) is 4.79 Å². The van der Waals surface area contributed by atoms with E-state index in [4.69, 9.17) is 14.4 Å². The molecule has 37 heavy (non-hydrogen) atoms. The normalized spacial score (nSPS) is 18.2. The highest BCUT2D eigenvalue weighted by molar-refractivity contribution is 8.03. The molecule has 3 aromatic heterocycles. The standard InChI is InChI=1S/C25H31N9O2S/c1-16(2)22(35)26-17-6-8-18(9-7-17)37-25-29-23(28-24(30-25)34-12-10-33(3)11-13-34)27-21-15-19(31-32-21)20-5-4-14-36-20/h4-6,8-9,14-17H,7,10-13H2,1-3H3,(H,26,35)(H2,27,28,29,30,31,32). The zero-order chi connectivity index (χ0) is 25.8. The molecule has 1 aliphatic carbocycles. The molecule has 3 N–H and O–H groups in total. The summed E-state index contributed by atoms with van der Waals surface area (Å²) in [7, 11) is 2.12. The number of allylic oxidation sites excluding steroid dienone is 1. The number of furan rings is 1. The molecular formula is C25H31N9O2S. The molecule has 0 saturated carbocycles. The van der Waals surface area contributed by atoms with Gasteiger partial charge in [0.05, 0.1) is 12.3 Å². The van der Waals surface area contributed by atoms with Crippen LogP contribution in [0, 0.1) is 5.92 Å². The Morgan fingerprint density at radius 2 is 2.05 bits per heavy atom. The van der Waals surface area contributed by atoms with E-state index in [-0.39, 0.29) is 17.9 Å². The molecule has 1 saturated heterocycles. The number of amides is 1. The van der Waals surface area contributed by atoms with Crippen LogP contribution < -0.4 is 15.5 Å². The molecule has 1 atom stereocenters. The zero-order valence-electron chi connectivity index (χ0n) is 21.1. The first-order valence-electron chi connectivity index (χ1n) is 12.4. The molecule has 1 fully saturated rings. The highest BCUT2D eigenvalue weighted by Crippen LogP contribution is 2.30. The molecule has 5 rings (SSSR count). The van der Waals surface area contributed by atoms with E-state index >= 15 is 0 Å². The number of carbonyl (C=O) groups excluding carboxylic acids is 1. The SMILES string of the molecule is CC(C)C(=O)NC1C=CC(Sc2nc(Nc3cc(-c4ccco4)[nH]n3)nc(N3CCN(C)CC3)n2)=CC1. The van der Waals surface area contributed by atoms with Crippen molar-refractivity contribution in [1.82, 2.24) is 35.4 Å². The molecule has 194 valence electrons. The number of likely N-dealkylation sites (N-methyl/N-ethyl adjacent to an activating group) is 1. The fraction of sp³-hybridized carbons (Fsp3) is 0.400. The molecule has 3 aromatic rings. The van der Waals surface area contributed by atoms with Crippen molar-refractivity contribution < 1.29 is 9.21 Å². The Kier molecular flexibility index (Phi) is 7.56. The molecule has 4 heterocycles. The zero-order valence-corrected chi connectivity index (χ0v) is 22.0. The molecule has 0 radical (unpaired) electrons. The van der Waals surface area contributed by atoms with Crippen LogP contribution in [0.4, 0.5) is 17.7 Å². The Labute approximate surface area is 219 Å². The van der Waals surface area contributed by atoms with Gasteiger partial charge in [-0.2, -0.15) is 20.1 Å². The second kappa shape index (κ2) is 11.2. The van der Waals surface area contributed by atoms with E-state index in [1.54, 1.807) is 6.26 Å². The Bertz CT molecular complexity index is 1280. The second-order valence-electron chi connectivity index (χ2n) is 9.37. The minimum Gasteiger partial charge on any atom is -0.463 e. The molecule has 0 aromatic carbocycles. The van der Waals surface area contributed by atoms with Crippen molar-refractivity contribution in [3.05, 3.63) is 47.6 Å². The number of hydrogen-bond acceptors (Lipinski definition) is 10. The third-order valence-corrected chi connectivity index (χ3v) is 7.02. The number of nitrogens with one attached hydrogen (secondary N) is 3. The van der Waals surface area contributed by atoms with Gasteiger partial charge in [-0.25, -0.2) is 0 Å². The van der Waals surface area contributed by atoms with Crippen LogP contribution in [0.25, 0.3) is 11.5 Å². The Balaban J connectivity index is 1.33. The number of nitrogens with zero attached hydrogens (tertiary/aromatic N) is 6. The van der Waals surface area contributed by atoms with Gasteiger partial charge in [0.25, 0.3) is 0 Å². The topological polar surface area (TPSA) is 128 Å². The van der Waals surface area contributed by atoms with E-state index in [1.165, 1.54) is 11.8 Å². The molecule has 12 heteroatoms. The van der Waals surface area contributed by atoms with Gasteiger partial charge in [0.1, 0.15) is 5.69 Å². The average Bonchev–Trinajstić information content (AvgIpc) is 3.58. The van der Waals surface area contributed by atoms with Crippen molar-refractivity contribution in [2.24, 2.45) is 5.92 Å². The molecule has 0 bridgehead atoms. The van der Waals surface area contributed by atoms with Crippen LogP contribution in [0.2, 0.25) is 0 Å². The third kappa shape index (κ3) is 6.38. The summed E-state index contributed by atoms with van der Waals surface area (Å²) < 4.78 is 5.44. The lowest BCUT2D eigenvalue weighted by atomic mass is 10.1. The van der Waals surface area contributed by atoms with Gasteiger partial charge < -0.3 is 24.9 Å². The molecule has 11 nitrogen and oxygen atoms in total. The summed E-state index contributed by atoms with van der Waals surface area (Å²) in [6, 6.07) is 5.54. The smallest absolute Gasteiger partial charge is 0.234 e. The van der Waals surface area contributed by atoms with E-state index in [0.29, 0.717) is 28.6 Å². The van der Waals surface area contributed by atoms with Gasteiger partial charge in [-0.3, -0.25) is 9.89 Å². The lowest BCUT2D eigenvalue weighted by Crippen LogP contribution is -2.45. The van der Waals surface area contributed by atoms with Gasteiger partial charge in [-0.15, -0.1) is 0 Å². The van der Waals surface area contributed by atoms with Crippen molar-refractivity contribution in [3.8, 4) is 11.5 Å². The van der Waals surface area contributed by atoms with Gasteiger partial charge >= 0.3 is 0 Å². The average molecular weight is 522 g/mol. The second-order valence-corrected chi connectivity index (χ2v) is 10.4. The van der Waals surface area contributed by atoms with Crippen molar-refractivity contribution in [1.29, 1.82) is 0 Å². The monoisotopic (exact) mass is 521 g/mol. The number of H-pyrrole nitrogens is 1. The molecular weight excluding hydrogens is 490 g/mol. The van der Waals surface area contributed by atoms with Crippen molar-refractivity contribution in [2.45, 2.75) is 31.5 Å². The van der Waals surface area contributed by atoms with E-state index in [1.807, 2.05) is 44.2 Å². The van der Waals surface area contributed by atoms with Crippen molar-refractivity contribution >= 4 is 35.4 Å². The summed E-state index contributed by atoms with van der Waals surface area (Å²) in [6.45, 7) is 7.36. The molecule has 0 spiro atoms.